The Bertz CT molecular complexity index is 1380. The zero-order chi connectivity index (χ0) is 29.8. The van der Waals surface area contributed by atoms with Crippen LogP contribution in [0.2, 0.25) is 0 Å². The largest absolute Gasteiger partial charge is 0.372 e. The van der Waals surface area contributed by atoms with Crippen LogP contribution < -0.4 is 20.9 Å². The first-order valence-corrected chi connectivity index (χ1v) is 15.6. The van der Waals surface area contributed by atoms with Crippen LogP contribution in [-0.4, -0.2) is 96.9 Å². The van der Waals surface area contributed by atoms with Crippen LogP contribution in [-0.2, 0) is 11.3 Å². The molecule has 10 nitrogen and oxygen atoms in total. The van der Waals surface area contributed by atoms with Gasteiger partial charge in [-0.15, -0.1) is 0 Å². The molecule has 228 valence electrons. The summed E-state index contributed by atoms with van der Waals surface area (Å²) in [4.78, 5) is 28.5. The Morgan fingerprint density at radius 1 is 1.05 bits per heavy atom. The van der Waals surface area contributed by atoms with E-state index in [0.717, 1.165) is 60.2 Å². The van der Waals surface area contributed by atoms with Crippen molar-refractivity contribution in [2.24, 2.45) is 5.92 Å². The Balaban J connectivity index is 0.989. The number of amides is 2. The highest BCUT2D eigenvalue weighted by molar-refractivity contribution is 5.75. The summed E-state index contributed by atoms with van der Waals surface area (Å²) in [5.74, 6) is 1.32. The molecule has 10 heteroatoms. The monoisotopic (exact) mass is 584 g/mol. The van der Waals surface area contributed by atoms with Crippen LogP contribution in [0.3, 0.4) is 0 Å². The van der Waals surface area contributed by atoms with Crippen molar-refractivity contribution in [3.8, 4) is 11.3 Å². The fraction of sp³-hybridized carbons (Fsp3) is 0.485. The van der Waals surface area contributed by atoms with Crippen molar-refractivity contribution in [1.29, 1.82) is 0 Å². The van der Waals surface area contributed by atoms with Gasteiger partial charge in [-0.2, -0.15) is 0 Å². The average Bonchev–Trinajstić information content (AvgIpc) is 2.97. The van der Waals surface area contributed by atoms with E-state index in [2.05, 4.69) is 74.1 Å². The molecule has 4 heterocycles. The average molecular weight is 585 g/mol. The lowest BCUT2D eigenvalue weighted by atomic mass is 9.98. The van der Waals surface area contributed by atoms with Crippen molar-refractivity contribution in [2.75, 3.05) is 69.1 Å². The number of benzene rings is 2. The molecule has 6 rings (SSSR count). The minimum Gasteiger partial charge on any atom is -0.372 e. The predicted octanol–water partition coefficient (Wildman–Crippen LogP) is 3.86. The SMILES string of the molecule is Cc1cc(-c2ccnc(Nc3ccc(N4CC(CN5CCNCC5)C4)cc3)n2)ccc1CNC(=O)N1CC(OC(C)C)C1. The van der Waals surface area contributed by atoms with Crippen molar-refractivity contribution in [2.45, 2.75) is 39.5 Å². The summed E-state index contributed by atoms with van der Waals surface area (Å²) in [5.41, 5.74) is 6.27. The molecule has 3 aliphatic rings. The van der Waals surface area contributed by atoms with Gasteiger partial charge in [0.2, 0.25) is 5.95 Å². The number of carbonyl (C=O) groups excluding carboxylic acids is 1. The summed E-state index contributed by atoms with van der Waals surface area (Å²) < 4.78 is 5.75. The normalized spacial score (nSPS) is 18.0. The highest BCUT2D eigenvalue weighted by Crippen LogP contribution is 2.28. The maximum atomic E-state index is 12.5. The molecule has 1 aromatic heterocycles. The summed E-state index contributed by atoms with van der Waals surface area (Å²) >= 11 is 0. The molecule has 3 N–H and O–H groups in total. The number of carbonyl (C=O) groups is 1. The maximum absolute atomic E-state index is 12.5. The fourth-order valence-electron chi connectivity index (χ4n) is 6.03. The highest BCUT2D eigenvalue weighted by Gasteiger charge is 2.32. The fourth-order valence-corrected chi connectivity index (χ4v) is 6.03. The number of nitrogens with zero attached hydrogens (tertiary/aromatic N) is 5. The molecule has 0 aliphatic carbocycles. The van der Waals surface area contributed by atoms with E-state index in [1.54, 1.807) is 11.1 Å². The Labute approximate surface area is 254 Å². The highest BCUT2D eigenvalue weighted by atomic mass is 16.5. The van der Waals surface area contributed by atoms with E-state index in [0.29, 0.717) is 25.6 Å². The second kappa shape index (κ2) is 13.3. The Hall–Kier alpha value is -3.73. The number of hydrogen-bond acceptors (Lipinski definition) is 8. The van der Waals surface area contributed by atoms with Crippen LogP contribution in [0.15, 0.2) is 54.7 Å². The van der Waals surface area contributed by atoms with Gasteiger partial charge in [0.05, 0.1) is 31.0 Å². The topological polar surface area (TPSA) is 97.9 Å². The lowest BCUT2D eigenvalue weighted by Crippen LogP contribution is -2.58. The van der Waals surface area contributed by atoms with E-state index in [1.807, 2.05) is 26.0 Å². The van der Waals surface area contributed by atoms with Gasteiger partial charge in [-0.05, 0) is 68.3 Å². The third-order valence-electron chi connectivity index (χ3n) is 8.50. The third-order valence-corrected chi connectivity index (χ3v) is 8.50. The molecule has 3 saturated heterocycles. The van der Waals surface area contributed by atoms with Gasteiger partial charge >= 0.3 is 6.03 Å². The molecule has 43 heavy (non-hydrogen) atoms. The first-order valence-electron chi connectivity index (χ1n) is 15.6. The lowest BCUT2D eigenvalue weighted by molar-refractivity contribution is -0.0641. The van der Waals surface area contributed by atoms with Crippen LogP contribution in [0.25, 0.3) is 11.3 Å². The molecule has 2 aromatic carbocycles. The third kappa shape index (κ3) is 7.44. The Morgan fingerprint density at radius 2 is 1.81 bits per heavy atom. The second-order valence-electron chi connectivity index (χ2n) is 12.3. The summed E-state index contributed by atoms with van der Waals surface area (Å²) in [6.07, 6.45) is 2.11. The summed E-state index contributed by atoms with van der Waals surface area (Å²) in [6, 6.07) is 16.6. The number of piperazine rings is 1. The van der Waals surface area contributed by atoms with E-state index < -0.39 is 0 Å². The minimum atomic E-state index is -0.0495. The molecule has 3 aromatic rings. The van der Waals surface area contributed by atoms with E-state index in [4.69, 9.17) is 9.72 Å². The van der Waals surface area contributed by atoms with Gasteiger partial charge in [-0.3, -0.25) is 0 Å². The standard InChI is InChI=1S/C33H44N8O2/c1-23(2)43-30-21-41(22-30)33(42)36-17-27-5-4-26(16-24(27)3)31-10-11-35-32(38-31)37-28-6-8-29(9-7-28)40-19-25(20-40)18-39-14-12-34-13-15-39/h4-11,16,23,25,30,34H,12-15,17-22H2,1-3H3,(H,36,42)(H,35,37,38). The molecule has 3 fully saturated rings. The van der Waals surface area contributed by atoms with E-state index in [-0.39, 0.29) is 18.2 Å². The number of urea groups is 1. The quantitative estimate of drug-likeness (QED) is 0.331. The van der Waals surface area contributed by atoms with Gasteiger partial charge in [0.1, 0.15) is 0 Å². The summed E-state index contributed by atoms with van der Waals surface area (Å²) in [6.45, 7) is 15.9. The maximum Gasteiger partial charge on any atom is 0.317 e. The number of anilines is 3. The molecular formula is C33H44N8O2. The molecule has 0 spiro atoms. The van der Waals surface area contributed by atoms with Crippen molar-refractivity contribution < 1.29 is 9.53 Å². The van der Waals surface area contributed by atoms with Crippen molar-refractivity contribution in [3.05, 3.63) is 65.9 Å². The van der Waals surface area contributed by atoms with E-state index in [1.165, 1.54) is 25.3 Å². The molecule has 0 atom stereocenters. The number of rotatable bonds is 10. The minimum absolute atomic E-state index is 0.0495. The Kier molecular flexibility index (Phi) is 9.06. The smallest absolute Gasteiger partial charge is 0.317 e. The van der Waals surface area contributed by atoms with Crippen molar-refractivity contribution >= 4 is 23.4 Å². The van der Waals surface area contributed by atoms with Crippen LogP contribution >= 0.6 is 0 Å². The van der Waals surface area contributed by atoms with Crippen LogP contribution in [0.5, 0.6) is 0 Å². The van der Waals surface area contributed by atoms with E-state index in [9.17, 15) is 4.79 Å². The predicted molar refractivity (Wildman–Crippen MR) is 171 cm³/mol. The molecule has 2 amide bonds. The number of ether oxygens (including phenoxy) is 1. The zero-order valence-corrected chi connectivity index (χ0v) is 25.6. The molecule has 0 saturated carbocycles. The van der Waals surface area contributed by atoms with Crippen LogP contribution in [0.4, 0.5) is 22.1 Å². The first-order chi connectivity index (χ1) is 20.9. The molecule has 0 radical (unpaired) electrons. The van der Waals surface area contributed by atoms with Gasteiger partial charge in [-0.25, -0.2) is 14.8 Å². The van der Waals surface area contributed by atoms with Crippen molar-refractivity contribution in [3.63, 3.8) is 0 Å². The van der Waals surface area contributed by atoms with Crippen LogP contribution in [0, 0.1) is 12.8 Å². The molecular weight excluding hydrogens is 540 g/mol. The lowest BCUT2D eigenvalue weighted by Gasteiger charge is -2.44. The van der Waals surface area contributed by atoms with Gasteiger partial charge in [0.15, 0.2) is 0 Å². The zero-order valence-electron chi connectivity index (χ0n) is 25.6. The van der Waals surface area contributed by atoms with Gasteiger partial charge < -0.3 is 35.4 Å². The number of aryl methyl sites for hydroxylation is 1. The number of nitrogens with one attached hydrogen (secondary N) is 3. The number of hydrogen-bond donors (Lipinski definition) is 3. The van der Waals surface area contributed by atoms with Gasteiger partial charge in [-0.1, -0.05) is 12.1 Å². The van der Waals surface area contributed by atoms with E-state index >= 15 is 0 Å². The van der Waals surface area contributed by atoms with Gasteiger partial charge in [0, 0.05) is 81.4 Å². The first kappa shape index (κ1) is 29.3. The van der Waals surface area contributed by atoms with Gasteiger partial charge in [0.25, 0.3) is 0 Å². The number of aromatic nitrogens is 2. The van der Waals surface area contributed by atoms with Crippen LogP contribution in [0.1, 0.15) is 25.0 Å². The Morgan fingerprint density at radius 3 is 2.53 bits per heavy atom. The molecule has 3 aliphatic heterocycles. The summed E-state index contributed by atoms with van der Waals surface area (Å²) in [7, 11) is 0. The van der Waals surface area contributed by atoms with Crippen molar-refractivity contribution in [1.82, 2.24) is 30.4 Å². The second-order valence-corrected chi connectivity index (χ2v) is 12.3. The molecule has 0 bridgehead atoms. The number of likely N-dealkylation sites (tertiary alicyclic amines) is 1. The summed E-state index contributed by atoms with van der Waals surface area (Å²) in [5, 5.41) is 9.83. The molecule has 0 unspecified atom stereocenters.